The molecule has 0 spiro atoms. The molecule has 0 aromatic rings. The molecular weight excluding hydrogens is 136 g/mol. The van der Waals surface area contributed by atoms with Crippen molar-refractivity contribution < 1.29 is 5.11 Å². The second kappa shape index (κ2) is 16.4. The molecule has 1 aliphatic rings. The van der Waals surface area contributed by atoms with Gasteiger partial charge in [0.15, 0.2) is 0 Å². The van der Waals surface area contributed by atoms with Gasteiger partial charge in [-0.05, 0) is 13.3 Å². The summed E-state index contributed by atoms with van der Waals surface area (Å²) in [6.07, 6.45) is 8.96. The number of allylic oxidation sites excluding steroid dienone is 1. The van der Waals surface area contributed by atoms with Crippen molar-refractivity contribution in [3.8, 4) is 0 Å². The molecule has 68 valence electrons. The fraction of sp³-hybridized carbons (Fsp3) is 0.800. The highest BCUT2D eigenvalue weighted by atomic mass is 16.2. The van der Waals surface area contributed by atoms with E-state index in [4.69, 9.17) is 5.11 Å². The molecule has 1 aliphatic carbocycles. The third-order valence-electron chi connectivity index (χ3n) is 1.29. The lowest BCUT2D eigenvalue weighted by Crippen LogP contribution is -1.85. The van der Waals surface area contributed by atoms with Crippen LogP contribution in [0, 0.1) is 0 Å². The first-order valence-electron chi connectivity index (χ1n) is 4.55. The lowest BCUT2D eigenvalue weighted by molar-refractivity contribution is 0.318. The highest BCUT2D eigenvalue weighted by molar-refractivity contribution is 4.60. The van der Waals surface area contributed by atoms with E-state index < -0.39 is 0 Å². The van der Waals surface area contributed by atoms with Crippen molar-refractivity contribution in [1.29, 1.82) is 0 Å². The topological polar surface area (TPSA) is 20.2 Å². The van der Waals surface area contributed by atoms with E-state index in [1.807, 2.05) is 6.08 Å². The zero-order chi connectivity index (χ0) is 8.95. The van der Waals surface area contributed by atoms with E-state index >= 15 is 0 Å². The van der Waals surface area contributed by atoms with E-state index in [1.165, 1.54) is 25.7 Å². The highest BCUT2D eigenvalue weighted by Crippen LogP contribution is 2.15. The molecule has 0 aromatic carbocycles. The van der Waals surface area contributed by atoms with Crippen molar-refractivity contribution in [3.63, 3.8) is 0 Å². The smallest absolute Gasteiger partial charge is 0.0402 e. The van der Waals surface area contributed by atoms with E-state index in [0.717, 1.165) is 6.42 Å². The molecule has 1 N–H and O–H groups in total. The predicted octanol–water partition coefficient (Wildman–Crippen LogP) is 3.14. The van der Waals surface area contributed by atoms with Crippen molar-refractivity contribution in [2.45, 2.75) is 46.0 Å². The van der Waals surface area contributed by atoms with Crippen LogP contribution in [0.5, 0.6) is 0 Å². The molecule has 0 amide bonds. The van der Waals surface area contributed by atoms with Gasteiger partial charge >= 0.3 is 0 Å². The number of aliphatic hydroxyl groups excluding tert-OH is 1. The largest absolute Gasteiger partial charge is 0.397 e. The summed E-state index contributed by atoms with van der Waals surface area (Å²) in [5, 5.41) is 7.57. The van der Waals surface area contributed by atoms with Gasteiger partial charge in [-0.2, -0.15) is 0 Å². The second-order valence-corrected chi connectivity index (χ2v) is 2.43. The summed E-state index contributed by atoms with van der Waals surface area (Å²) in [6.45, 7) is 7.47. The lowest BCUT2D eigenvalue weighted by Gasteiger charge is -2.05. The van der Waals surface area contributed by atoms with Gasteiger partial charge in [-0.1, -0.05) is 38.7 Å². The Labute approximate surface area is 71.1 Å². The Bertz CT molecular complexity index is 51.9. The van der Waals surface area contributed by atoms with E-state index in [2.05, 4.69) is 13.5 Å². The Kier molecular flexibility index (Phi) is 19.8. The molecule has 11 heavy (non-hydrogen) atoms. The van der Waals surface area contributed by atoms with Gasteiger partial charge < -0.3 is 5.11 Å². The predicted molar refractivity (Wildman–Crippen MR) is 51.7 cm³/mol. The second-order valence-electron chi connectivity index (χ2n) is 2.43. The van der Waals surface area contributed by atoms with Gasteiger partial charge in [0.25, 0.3) is 0 Å². The number of hydrogen-bond acceptors (Lipinski definition) is 1. The molecule has 1 nitrogen and oxygen atoms in total. The van der Waals surface area contributed by atoms with Crippen LogP contribution in [0.15, 0.2) is 12.7 Å². The van der Waals surface area contributed by atoms with E-state index in [0.29, 0.717) is 0 Å². The fourth-order valence-corrected chi connectivity index (χ4v) is 0.250. The Morgan fingerprint density at radius 1 is 1.18 bits per heavy atom. The highest BCUT2D eigenvalue weighted by Gasteiger charge is 1.95. The molecule has 0 bridgehead atoms. The van der Waals surface area contributed by atoms with Crippen molar-refractivity contribution >= 4 is 0 Å². The first-order chi connectivity index (χ1) is 5.33. The zero-order valence-electron chi connectivity index (χ0n) is 7.97. The van der Waals surface area contributed by atoms with Crippen LogP contribution >= 0.6 is 0 Å². The zero-order valence-corrected chi connectivity index (χ0v) is 7.97. The van der Waals surface area contributed by atoms with Crippen molar-refractivity contribution in [2.24, 2.45) is 0 Å². The monoisotopic (exact) mass is 158 g/mol. The van der Waals surface area contributed by atoms with Gasteiger partial charge in [0, 0.05) is 6.61 Å². The minimum atomic E-state index is 0.250. The number of rotatable bonds is 1. The summed E-state index contributed by atoms with van der Waals surface area (Å²) >= 11 is 0. The Hall–Kier alpha value is -0.300. The maximum atomic E-state index is 7.57. The van der Waals surface area contributed by atoms with E-state index in [-0.39, 0.29) is 6.61 Å². The van der Waals surface area contributed by atoms with E-state index in [1.54, 1.807) is 6.92 Å². The van der Waals surface area contributed by atoms with Gasteiger partial charge in [0.1, 0.15) is 0 Å². The molecule has 0 atom stereocenters. The quantitative estimate of drug-likeness (QED) is 0.581. The van der Waals surface area contributed by atoms with Crippen molar-refractivity contribution in [3.05, 3.63) is 12.7 Å². The Balaban J connectivity index is 0. The molecule has 1 saturated carbocycles. The van der Waals surface area contributed by atoms with Crippen LogP contribution in [-0.4, -0.2) is 11.7 Å². The standard InChI is InChI=1S/2C4H8.C2H6O/c1-2-4-3-1;1-3-4-2;1-2-3/h1-4H2;3H,1,4H2,2H3;3H,2H2,1H3. The van der Waals surface area contributed by atoms with Crippen LogP contribution in [0.3, 0.4) is 0 Å². The van der Waals surface area contributed by atoms with Gasteiger partial charge in [0.05, 0.1) is 0 Å². The molecule has 1 heteroatoms. The van der Waals surface area contributed by atoms with E-state index in [9.17, 15) is 0 Å². The summed E-state index contributed by atoms with van der Waals surface area (Å²) < 4.78 is 0. The number of hydrogen-bond donors (Lipinski definition) is 1. The average molecular weight is 158 g/mol. The molecule has 0 radical (unpaired) electrons. The van der Waals surface area contributed by atoms with Gasteiger partial charge in [0.2, 0.25) is 0 Å². The van der Waals surface area contributed by atoms with Gasteiger partial charge in [-0.15, -0.1) is 6.58 Å². The molecule has 0 unspecified atom stereocenters. The number of aliphatic hydroxyl groups is 1. The lowest BCUT2D eigenvalue weighted by atomic mass is 10.0. The molecule has 0 aliphatic heterocycles. The van der Waals surface area contributed by atoms with Gasteiger partial charge in [-0.3, -0.25) is 0 Å². The summed E-state index contributed by atoms with van der Waals surface area (Å²) in [7, 11) is 0. The van der Waals surface area contributed by atoms with Crippen LogP contribution in [-0.2, 0) is 0 Å². The van der Waals surface area contributed by atoms with Crippen molar-refractivity contribution in [2.75, 3.05) is 6.61 Å². The third kappa shape index (κ3) is 26.0. The van der Waals surface area contributed by atoms with Crippen molar-refractivity contribution in [1.82, 2.24) is 0 Å². The summed E-state index contributed by atoms with van der Waals surface area (Å²) in [5.41, 5.74) is 0. The van der Waals surface area contributed by atoms with Crippen LogP contribution in [0.4, 0.5) is 0 Å². The minimum absolute atomic E-state index is 0.250. The minimum Gasteiger partial charge on any atom is -0.397 e. The summed E-state index contributed by atoms with van der Waals surface area (Å²) in [6, 6.07) is 0. The first-order valence-corrected chi connectivity index (χ1v) is 4.55. The molecule has 0 aromatic heterocycles. The molecule has 0 saturated heterocycles. The van der Waals surface area contributed by atoms with Crippen LogP contribution in [0.1, 0.15) is 46.0 Å². The fourth-order valence-electron chi connectivity index (χ4n) is 0.250. The summed E-state index contributed by atoms with van der Waals surface area (Å²) in [4.78, 5) is 0. The molecule has 1 rings (SSSR count). The van der Waals surface area contributed by atoms with Gasteiger partial charge in [-0.25, -0.2) is 0 Å². The maximum Gasteiger partial charge on any atom is 0.0402 e. The maximum absolute atomic E-state index is 7.57. The molecule has 0 heterocycles. The SMILES string of the molecule is C1CCC1.C=CCC.CCO. The Morgan fingerprint density at radius 2 is 1.36 bits per heavy atom. The van der Waals surface area contributed by atoms with Crippen LogP contribution in [0.25, 0.3) is 0 Å². The molecular formula is C10H22O. The summed E-state index contributed by atoms with van der Waals surface area (Å²) in [5.74, 6) is 0. The normalized spacial score (nSPS) is 12.6. The average Bonchev–Trinajstić information content (AvgIpc) is 1.85. The third-order valence-corrected chi connectivity index (χ3v) is 1.29. The van der Waals surface area contributed by atoms with Crippen LogP contribution < -0.4 is 0 Å². The Morgan fingerprint density at radius 3 is 1.36 bits per heavy atom. The first kappa shape index (κ1) is 13.3. The molecule has 1 fully saturated rings. The van der Waals surface area contributed by atoms with Crippen LogP contribution in [0.2, 0.25) is 0 Å².